The van der Waals surface area contributed by atoms with Crippen LogP contribution in [0.3, 0.4) is 0 Å². The summed E-state index contributed by atoms with van der Waals surface area (Å²) in [6.07, 6.45) is 2.07. The van der Waals surface area contributed by atoms with Crippen molar-refractivity contribution in [1.29, 1.82) is 0 Å². The van der Waals surface area contributed by atoms with E-state index in [-0.39, 0.29) is 17.6 Å². The maximum atomic E-state index is 13.5. The molecule has 122 valence electrons. The Kier molecular flexibility index (Phi) is 5.21. The Morgan fingerprint density at radius 3 is 2.05 bits per heavy atom. The van der Waals surface area contributed by atoms with Crippen LogP contribution < -0.4 is 0 Å². The highest BCUT2D eigenvalue weighted by atomic mass is 19.4. The first-order chi connectivity index (χ1) is 10.3. The summed E-state index contributed by atoms with van der Waals surface area (Å²) < 4.78 is 69.6. The van der Waals surface area contributed by atoms with E-state index in [1.807, 2.05) is 0 Å². The molecule has 1 fully saturated rings. The van der Waals surface area contributed by atoms with Crippen LogP contribution in [0.4, 0.5) is 22.0 Å². The highest BCUT2D eigenvalue weighted by Crippen LogP contribution is 2.34. The standard InChI is InChI=1S/C16H17F5O/c1-22-12-6-4-10(5-7-12)2-3-11-8-13(17)15(14(18)9-11)16(19,20)21/h2-3,8-10,12H,4-7H2,1H3/b3-2+. The van der Waals surface area contributed by atoms with Gasteiger partial charge in [-0.1, -0.05) is 12.2 Å². The molecule has 0 spiro atoms. The summed E-state index contributed by atoms with van der Waals surface area (Å²) in [7, 11) is 1.66. The van der Waals surface area contributed by atoms with E-state index in [4.69, 9.17) is 4.74 Å². The van der Waals surface area contributed by atoms with Crippen LogP contribution in [0.2, 0.25) is 0 Å². The van der Waals surface area contributed by atoms with Gasteiger partial charge in [-0.3, -0.25) is 0 Å². The molecule has 0 aromatic heterocycles. The van der Waals surface area contributed by atoms with Crippen molar-refractivity contribution in [1.82, 2.24) is 0 Å². The van der Waals surface area contributed by atoms with E-state index >= 15 is 0 Å². The first-order valence-corrected chi connectivity index (χ1v) is 7.08. The molecule has 0 atom stereocenters. The Labute approximate surface area is 125 Å². The van der Waals surface area contributed by atoms with Gasteiger partial charge in [-0.25, -0.2) is 8.78 Å². The maximum absolute atomic E-state index is 13.5. The summed E-state index contributed by atoms with van der Waals surface area (Å²) in [6.45, 7) is 0. The second-order valence-electron chi connectivity index (χ2n) is 5.49. The average Bonchev–Trinajstić information content (AvgIpc) is 2.43. The molecule has 1 aromatic carbocycles. The number of hydrogen-bond acceptors (Lipinski definition) is 1. The van der Waals surface area contributed by atoms with E-state index in [0.717, 1.165) is 25.7 Å². The fraction of sp³-hybridized carbons (Fsp3) is 0.500. The Morgan fingerprint density at radius 1 is 1.05 bits per heavy atom. The smallest absolute Gasteiger partial charge is 0.381 e. The molecule has 0 amide bonds. The molecule has 1 nitrogen and oxygen atoms in total. The van der Waals surface area contributed by atoms with Crippen molar-refractivity contribution in [2.75, 3.05) is 7.11 Å². The Morgan fingerprint density at radius 2 is 1.59 bits per heavy atom. The molecule has 0 aliphatic heterocycles. The fourth-order valence-corrected chi connectivity index (χ4v) is 2.72. The van der Waals surface area contributed by atoms with E-state index in [2.05, 4.69) is 0 Å². The molecular formula is C16H17F5O. The lowest BCUT2D eigenvalue weighted by Gasteiger charge is -2.25. The molecule has 1 aliphatic carbocycles. The monoisotopic (exact) mass is 320 g/mol. The second-order valence-corrected chi connectivity index (χ2v) is 5.49. The van der Waals surface area contributed by atoms with Crippen molar-refractivity contribution in [3.8, 4) is 0 Å². The number of rotatable bonds is 3. The highest BCUT2D eigenvalue weighted by molar-refractivity contribution is 5.51. The molecule has 2 rings (SSSR count). The predicted molar refractivity (Wildman–Crippen MR) is 73.1 cm³/mol. The SMILES string of the molecule is COC1CCC(/C=C/c2cc(F)c(C(F)(F)F)c(F)c2)CC1. The summed E-state index contributed by atoms with van der Waals surface area (Å²) >= 11 is 0. The van der Waals surface area contributed by atoms with Gasteiger partial charge in [0.25, 0.3) is 0 Å². The summed E-state index contributed by atoms with van der Waals surface area (Å²) in [6, 6.07) is 1.42. The van der Waals surface area contributed by atoms with Crippen molar-refractivity contribution in [3.05, 3.63) is 41.0 Å². The summed E-state index contributed by atoms with van der Waals surface area (Å²) in [5.74, 6) is -2.93. The number of benzene rings is 1. The van der Waals surface area contributed by atoms with Gasteiger partial charge in [0.2, 0.25) is 0 Å². The van der Waals surface area contributed by atoms with E-state index in [1.54, 1.807) is 13.2 Å². The van der Waals surface area contributed by atoms with Crippen LogP contribution in [0.15, 0.2) is 18.2 Å². The van der Waals surface area contributed by atoms with Crippen LogP contribution in [0, 0.1) is 17.6 Å². The summed E-state index contributed by atoms with van der Waals surface area (Å²) in [4.78, 5) is 0. The normalized spacial score (nSPS) is 23.2. The Bertz CT molecular complexity index is 519. The molecule has 0 radical (unpaired) electrons. The number of allylic oxidation sites excluding steroid dienone is 1. The molecule has 0 heterocycles. The van der Waals surface area contributed by atoms with Crippen LogP contribution in [0.1, 0.15) is 36.8 Å². The number of alkyl halides is 3. The van der Waals surface area contributed by atoms with Crippen LogP contribution in [0.5, 0.6) is 0 Å². The average molecular weight is 320 g/mol. The quantitative estimate of drug-likeness (QED) is 0.695. The van der Waals surface area contributed by atoms with Gasteiger partial charge >= 0.3 is 6.18 Å². The first-order valence-electron chi connectivity index (χ1n) is 7.08. The van der Waals surface area contributed by atoms with Crippen LogP contribution >= 0.6 is 0 Å². The molecule has 6 heteroatoms. The third-order valence-corrected chi connectivity index (χ3v) is 3.96. The zero-order chi connectivity index (χ0) is 16.3. The van der Waals surface area contributed by atoms with E-state index in [9.17, 15) is 22.0 Å². The minimum atomic E-state index is -5.03. The molecular weight excluding hydrogens is 303 g/mol. The van der Waals surface area contributed by atoms with Crippen molar-refractivity contribution in [3.63, 3.8) is 0 Å². The number of methoxy groups -OCH3 is 1. The zero-order valence-electron chi connectivity index (χ0n) is 12.1. The van der Waals surface area contributed by atoms with E-state index < -0.39 is 23.4 Å². The van der Waals surface area contributed by atoms with Crippen LogP contribution in [-0.2, 0) is 10.9 Å². The zero-order valence-corrected chi connectivity index (χ0v) is 12.1. The second kappa shape index (κ2) is 6.77. The molecule has 0 unspecified atom stereocenters. The lowest BCUT2D eigenvalue weighted by Crippen LogP contribution is -2.19. The van der Waals surface area contributed by atoms with Crippen molar-refractivity contribution in [2.45, 2.75) is 38.0 Å². The minimum absolute atomic E-state index is 0.0943. The fourth-order valence-electron chi connectivity index (χ4n) is 2.72. The number of halogens is 5. The number of ether oxygens (including phenoxy) is 1. The van der Waals surface area contributed by atoms with Gasteiger partial charge in [0.05, 0.1) is 6.10 Å². The third kappa shape index (κ3) is 4.06. The van der Waals surface area contributed by atoms with Gasteiger partial charge < -0.3 is 4.74 Å². The van der Waals surface area contributed by atoms with E-state index in [0.29, 0.717) is 12.1 Å². The van der Waals surface area contributed by atoms with E-state index in [1.165, 1.54) is 6.08 Å². The van der Waals surface area contributed by atoms with Gasteiger partial charge in [0, 0.05) is 7.11 Å². The van der Waals surface area contributed by atoms with Crippen molar-refractivity contribution < 1.29 is 26.7 Å². The maximum Gasteiger partial charge on any atom is 0.422 e. The number of hydrogen-bond donors (Lipinski definition) is 0. The third-order valence-electron chi connectivity index (χ3n) is 3.96. The van der Waals surface area contributed by atoms with Crippen molar-refractivity contribution in [2.24, 2.45) is 5.92 Å². The van der Waals surface area contributed by atoms with Gasteiger partial charge in [0.1, 0.15) is 17.2 Å². The van der Waals surface area contributed by atoms with Gasteiger partial charge in [-0.15, -0.1) is 0 Å². The van der Waals surface area contributed by atoms with Gasteiger partial charge in [-0.05, 0) is 49.3 Å². The van der Waals surface area contributed by atoms with Gasteiger partial charge in [0.15, 0.2) is 0 Å². The first kappa shape index (κ1) is 16.9. The molecule has 22 heavy (non-hydrogen) atoms. The predicted octanol–water partition coefficient (Wildman–Crippen LogP) is 5.20. The molecule has 1 aromatic rings. The van der Waals surface area contributed by atoms with Crippen molar-refractivity contribution >= 4 is 6.08 Å². The summed E-state index contributed by atoms with van der Waals surface area (Å²) in [5.41, 5.74) is -1.75. The summed E-state index contributed by atoms with van der Waals surface area (Å²) in [5, 5.41) is 0. The minimum Gasteiger partial charge on any atom is -0.381 e. The molecule has 1 aliphatic rings. The highest BCUT2D eigenvalue weighted by Gasteiger charge is 2.37. The largest absolute Gasteiger partial charge is 0.422 e. The van der Waals surface area contributed by atoms with Crippen LogP contribution in [-0.4, -0.2) is 13.2 Å². The lowest BCUT2D eigenvalue weighted by molar-refractivity contribution is -0.142. The van der Waals surface area contributed by atoms with Crippen LogP contribution in [0.25, 0.3) is 6.08 Å². The molecule has 1 saturated carbocycles. The Hall–Kier alpha value is -1.43. The molecule has 0 saturated heterocycles. The lowest BCUT2D eigenvalue weighted by atomic mass is 9.87. The van der Waals surface area contributed by atoms with Gasteiger partial charge in [-0.2, -0.15) is 13.2 Å². The Balaban J connectivity index is 2.10. The topological polar surface area (TPSA) is 9.23 Å². The molecule has 0 bridgehead atoms. The molecule has 0 N–H and O–H groups in total.